The molecule has 1 amide bonds. The number of halogens is 1. The minimum absolute atomic E-state index is 0. The molecule has 0 atom stereocenters. The van der Waals surface area contributed by atoms with Crippen molar-refractivity contribution in [2.75, 3.05) is 33.4 Å². The molecule has 6 heteroatoms. The fraction of sp³-hybridized carbons (Fsp3) is 0.650. The number of hydrogen-bond acceptors (Lipinski definition) is 4. The van der Waals surface area contributed by atoms with Gasteiger partial charge in [0.1, 0.15) is 0 Å². The number of ether oxygens (including phenoxy) is 1. The summed E-state index contributed by atoms with van der Waals surface area (Å²) in [6.45, 7) is 3.44. The summed E-state index contributed by atoms with van der Waals surface area (Å²) in [4.78, 5) is 14.4. The Hall–Kier alpha value is -0.750. The fourth-order valence-electron chi connectivity index (χ4n) is 4.10. The smallest absolute Gasteiger partial charge is 0.236 e. The fourth-order valence-corrected chi connectivity index (χ4v) is 5.50. The van der Waals surface area contributed by atoms with E-state index in [0.29, 0.717) is 6.61 Å². The summed E-state index contributed by atoms with van der Waals surface area (Å²) in [6, 6.07) is 10.3. The zero-order valence-corrected chi connectivity index (χ0v) is 17.2. The maximum Gasteiger partial charge on any atom is 0.236 e. The summed E-state index contributed by atoms with van der Waals surface area (Å²) in [7, 11) is 1.76. The third-order valence-electron chi connectivity index (χ3n) is 5.62. The first kappa shape index (κ1) is 21.5. The second-order valence-electron chi connectivity index (χ2n) is 7.48. The van der Waals surface area contributed by atoms with E-state index in [9.17, 15) is 4.79 Å². The van der Waals surface area contributed by atoms with Crippen molar-refractivity contribution in [1.82, 2.24) is 10.6 Å². The van der Waals surface area contributed by atoms with Gasteiger partial charge in [0.15, 0.2) is 0 Å². The summed E-state index contributed by atoms with van der Waals surface area (Å²) in [5.74, 6) is 0.216. The average molecular weight is 399 g/mol. The van der Waals surface area contributed by atoms with Crippen LogP contribution in [0.4, 0.5) is 0 Å². The second-order valence-corrected chi connectivity index (χ2v) is 8.94. The van der Waals surface area contributed by atoms with Gasteiger partial charge in [0.25, 0.3) is 0 Å². The molecule has 4 nitrogen and oxygen atoms in total. The number of methoxy groups -OCH3 is 1. The zero-order chi connectivity index (χ0) is 17.6. The highest BCUT2D eigenvalue weighted by Gasteiger charge is 2.43. The Balaban J connectivity index is 0.00000243. The minimum Gasteiger partial charge on any atom is -0.384 e. The molecule has 1 saturated carbocycles. The summed E-state index contributed by atoms with van der Waals surface area (Å²) < 4.78 is 5.18. The number of hydrogen-bond donors (Lipinski definition) is 2. The normalized spacial score (nSPS) is 21.0. The molecule has 1 aliphatic heterocycles. The number of carbonyl (C=O) groups is 1. The van der Waals surface area contributed by atoms with Crippen LogP contribution in [-0.4, -0.2) is 44.0 Å². The van der Waals surface area contributed by atoms with Crippen LogP contribution >= 0.6 is 24.2 Å². The van der Waals surface area contributed by atoms with E-state index < -0.39 is 0 Å². The van der Waals surface area contributed by atoms with Crippen molar-refractivity contribution >= 4 is 30.1 Å². The predicted molar refractivity (Wildman–Crippen MR) is 110 cm³/mol. The summed E-state index contributed by atoms with van der Waals surface area (Å²) in [6.07, 6.45) is 6.33. The van der Waals surface area contributed by atoms with E-state index >= 15 is 0 Å². The van der Waals surface area contributed by atoms with Gasteiger partial charge in [-0.2, -0.15) is 0 Å². The summed E-state index contributed by atoms with van der Waals surface area (Å²) in [5.41, 5.74) is 0.0763. The maximum atomic E-state index is 13.2. The molecule has 0 unspecified atom stereocenters. The van der Waals surface area contributed by atoms with E-state index in [1.54, 1.807) is 18.9 Å². The number of amides is 1. The van der Waals surface area contributed by atoms with Crippen LogP contribution in [0.3, 0.4) is 0 Å². The molecule has 0 aromatic heterocycles. The van der Waals surface area contributed by atoms with Crippen LogP contribution < -0.4 is 10.6 Å². The molecule has 0 bridgehead atoms. The topological polar surface area (TPSA) is 50.4 Å². The van der Waals surface area contributed by atoms with Gasteiger partial charge in [-0.15, -0.1) is 24.2 Å². The van der Waals surface area contributed by atoms with Crippen LogP contribution in [0.15, 0.2) is 35.2 Å². The van der Waals surface area contributed by atoms with Crippen molar-refractivity contribution in [3.8, 4) is 0 Å². The molecule has 2 fully saturated rings. The second kappa shape index (κ2) is 9.98. The van der Waals surface area contributed by atoms with E-state index in [-0.39, 0.29) is 28.5 Å². The number of carbonyl (C=O) groups excluding carboxylic acids is 1. The molecule has 1 aromatic rings. The quantitative estimate of drug-likeness (QED) is 0.736. The van der Waals surface area contributed by atoms with Gasteiger partial charge in [0.2, 0.25) is 5.91 Å². The maximum absolute atomic E-state index is 13.2. The monoisotopic (exact) mass is 398 g/mol. The predicted octanol–water partition coefficient (Wildman–Crippen LogP) is 3.65. The SMILES string of the molecule is COCC1(CNC(=O)C2(Sc3ccccc3)CCCC2)CCNCC1.Cl. The molecule has 0 radical (unpaired) electrons. The van der Waals surface area contributed by atoms with Crippen molar-refractivity contribution in [3.63, 3.8) is 0 Å². The summed E-state index contributed by atoms with van der Waals surface area (Å²) >= 11 is 1.75. The zero-order valence-electron chi connectivity index (χ0n) is 15.6. The van der Waals surface area contributed by atoms with Crippen LogP contribution in [0.5, 0.6) is 0 Å². The van der Waals surface area contributed by atoms with Crippen LogP contribution in [0.2, 0.25) is 0 Å². The number of piperidine rings is 1. The largest absolute Gasteiger partial charge is 0.384 e. The highest BCUT2D eigenvalue weighted by molar-refractivity contribution is 8.01. The Morgan fingerprint density at radius 1 is 1.15 bits per heavy atom. The first-order valence-corrected chi connectivity index (χ1v) is 10.2. The van der Waals surface area contributed by atoms with Crippen molar-refractivity contribution in [3.05, 3.63) is 30.3 Å². The lowest BCUT2D eigenvalue weighted by Crippen LogP contribution is -2.51. The highest BCUT2D eigenvalue weighted by atomic mass is 35.5. The molecule has 1 aliphatic carbocycles. The molecule has 1 saturated heterocycles. The lowest BCUT2D eigenvalue weighted by Gasteiger charge is -2.38. The molecule has 1 heterocycles. The van der Waals surface area contributed by atoms with Gasteiger partial charge in [-0.3, -0.25) is 4.79 Å². The minimum atomic E-state index is -0.303. The standard InChI is InChI=1S/C20H30N2O2S.ClH/c1-24-16-19(11-13-21-14-12-19)15-22-18(23)20(9-5-6-10-20)25-17-7-3-2-4-8-17;/h2-4,7-8,21H,5-6,9-16H2,1H3,(H,22,23);1H. The Bertz CT molecular complexity index is 553. The molecule has 3 rings (SSSR count). The third-order valence-corrected chi connectivity index (χ3v) is 7.11. The van der Waals surface area contributed by atoms with Gasteiger partial charge in [0.05, 0.1) is 11.4 Å². The lowest BCUT2D eigenvalue weighted by molar-refractivity contribution is -0.124. The number of benzene rings is 1. The van der Waals surface area contributed by atoms with Crippen molar-refractivity contribution in [1.29, 1.82) is 0 Å². The van der Waals surface area contributed by atoms with E-state index in [1.807, 2.05) is 18.2 Å². The first-order chi connectivity index (χ1) is 12.2. The third kappa shape index (κ3) is 5.16. The van der Waals surface area contributed by atoms with Gasteiger partial charge in [-0.25, -0.2) is 0 Å². The van der Waals surface area contributed by atoms with Crippen LogP contribution in [0.1, 0.15) is 38.5 Å². The van der Waals surface area contributed by atoms with E-state index in [1.165, 1.54) is 4.90 Å². The van der Waals surface area contributed by atoms with Gasteiger partial charge < -0.3 is 15.4 Å². The first-order valence-electron chi connectivity index (χ1n) is 9.40. The van der Waals surface area contributed by atoms with E-state index in [2.05, 4.69) is 22.8 Å². The molecule has 26 heavy (non-hydrogen) atoms. The van der Waals surface area contributed by atoms with Crippen LogP contribution in [-0.2, 0) is 9.53 Å². The highest BCUT2D eigenvalue weighted by Crippen LogP contribution is 2.45. The molecular formula is C20H31ClN2O2S. The Morgan fingerprint density at radius 3 is 2.42 bits per heavy atom. The molecular weight excluding hydrogens is 368 g/mol. The molecule has 2 aliphatic rings. The van der Waals surface area contributed by atoms with Gasteiger partial charge in [0, 0.05) is 24.0 Å². The summed E-state index contributed by atoms with van der Waals surface area (Å²) in [5, 5.41) is 6.72. The van der Waals surface area contributed by atoms with E-state index in [4.69, 9.17) is 4.74 Å². The molecule has 0 spiro atoms. The van der Waals surface area contributed by atoms with Crippen molar-refractivity contribution in [2.24, 2.45) is 5.41 Å². The molecule has 2 N–H and O–H groups in total. The average Bonchev–Trinajstić information content (AvgIpc) is 3.11. The van der Waals surface area contributed by atoms with Gasteiger partial charge >= 0.3 is 0 Å². The number of rotatable bonds is 7. The van der Waals surface area contributed by atoms with Crippen molar-refractivity contribution < 1.29 is 9.53 Å². The Labute approximate surface area is 167 Å². The molecule has 1 aromatic carbocycles. The van der Waals surface area contributed by atoms with Crippen LogP contribution in [0, 0.1) is 5.41 Å². The van der Waals surface area contributed by atoms with Crippen molar-refractivity contribution in [2.45, 2.75) is 48.2 Å². The number of thioether (sulfide) groups is 1. The van der Waals surface area contributed by atoms with Gasteiger partial charge in [-0.1, -0.05) is 31.0 Å². The van der Waals surface area contributed by atoms with Gasteiger partial charge in [-0.05, 0) is 50.9 Å². The Morgan fingerprint density at radius 2 is 1.81 bits per heavy atom. The van der Waals surface area contributed by atoms with Crippen LogP contribution in [0.25, 0.3) is 0 Å². The molecule has 146 valence electrons. The Kier molecular flexibility index (Phi) is 8.27. The number of nitrogens with one attached hydrogen (secondary N) is 2. The van der Waals surface area contributed by atoms with E-state index in [0.717, 1.165) is 58.2 Å². The lowest BCUT2D eigenvalue weighted by atomic mass is 9.79.